The normalized spacial score (nSPS) is 10.6. The van der Waals surface area contributed by atoms with Crippen molar-refractivity contribution >= 4 is 50.3 Å². The highest BCUT2D eigenvalue weighted by molar-refractivity contribution is 9.10. The van der Waals surface area contributed by atoms with Crippen LogP contribution in [-0.2, 0) is 4.79 Å². The average Bonchev–Trinajstić information content (AvgIpc) is 2.73. The lowest BCUT2D eigenvalue weighted by atomic mass is 10.2. The summed E-state index contributed by atoms with van der Waals surface area (Å²) in [6.45, 7) is 6.85. The number of halogens is 1. The molecule has 1 N–H and O–H groups in total. The third-order valence-corrected chi connectivity index (χ3v) is 4.95. The Hall–Kier alpha value is -3.52. The van der Waals surface area contributed by atoms with Crippen molar-refractivity contribution < 1.29 is 14.5 Å². The van der Waals surface area contributed by atoms with E-state index < -0.39 is 4.92 Å². The minimum Gasteiger partial charge on any atom is -0.494 e. The highest BCUT2D eigenvalue weighted by atomic mass is 79.9. The summed E-state index contributed by atoms with van der Waals surface area (Å²) in [4.78, 5) is 24.2. The van der Waals surface area contributed by atoms with Gasteiger partial charge in [0.15, 0.2) is 0 Å². The number of hydrogen-bond donors (Lipinski definition) is 1. The van der Waals surface area contributed by atoms with E-state index >= 15 is 0 Å². The number of anilines is 2. The van der Waals surface area contributed by atoms with Gasteiger partial charge >= 0.3 is 0 Å². The van der Waals surface area contributed by atoms with Gasteiger partial charge in [0.05, 0.1) is 33.4 Å². The van der Waals surface area contributed by atoms with Crippen molar-refractivity contribution in [3.05, 3.63) is 44.4 Å². The summed E-state index contributed by atoms with van der Waals surface area (Å²) in [6.07, 6.45) is 0. The number of non-ortho nitro benzene ring substituents is 1. The van der Waals surface area contributed by atoms with E-state index in [2.05, 4.69) is 36.4 Å². The molecule has 162 valence electrons. The molecule has 0 aliphatic carbocycles. The first-order valence-electron chi connectivity index (χ1n) is 9.29. The summed E-state index contributed by atoms with van der Waals surface area (Å²) >= 11 is 3.21. The van der Waals surface area contributed by atoms with Crippen LogP contribution in [0.3, 0.4) is 0 Å². The van der Waals surface area contributed by atoms with Crippen molar-refractivity contribution in [1.29, 1.82) is 5.26 Å². The first-order chi connectivity index (χ1) is 14.7. The molecule has 10 nitrogen and oxygen atoms in total. The second-order valence-electron chi connectivity index (χ2n) is 6.29. The Balaban J connectivity index is 2.63. The first-order valence-corrected chi connectivity index (χ1v) is 10.1. The van der Waals surface area contributed by atoms with E-state index in [1.165, 1.54) is 20.1 Å². The topological polar surface area (TPSA) is 133 Å². The zero-order chi connectivity index (χ0) is 23.1. The molecule has 0 saturated heterocycles. The number of amides is 1. The number of hydrogen-bond acceptors (Lipinski definition) is 8. The summed E-state index contributed by atoms with van der Waals surface area (Å²) in [7, 11) is 1.53. The van der Waals surface area contributed by atoms with E-state index in [-0.39, 0.29) is 27.3 Å². The number of nitro groups is 1. The fourth-order valence-corrected chi connectivity index (χ4v) is 3.41. The standard InChI is InChI=1S/C20H21BrN6O4/c1-5-26(6-2)18-9-16(23-12(3)28)17(10-19(18)31-4)24-25-20-13(11-22)7-14(27(29)30)8-15(20)21/h7-10H,5-6H2,1-4H3,(H,23,28). The SMILES string of the molecule is CCN(CC)c1cc(NC(C)=O)c(N=Nc2c(Br)cc([N+](=O)[O-])cc2C#N)cc1OC. The molecule has 0 aliphatic heterocycles. The molecule has 0 radical (unpaired) electrons. The van der Waals surface area contributed by atoms with Gasteiger partial charge in [-0.05, 0) is 35.8 Å². The second kappa shape index (κ2) is 10.5. The van der Waals surface area contributed by atoms with Crippen LogP contribution in [0, 0.1) is 21.4 Å². The minimum absolute atomic E-state index is 0.0161. The molecule has 0 fully saturated rings. The summed E-state index contributed by atoms with van der Waals surface area (Å²) in [5.74, 6) is 0.247. The van der Waals surface area contributed by atoms with Crippen molar-refractivity contribution in [2.75, 3.05) is 30.4 Å². The summed E-state index contributed by atoms with van der Waals surface area (Å²) in [5, 5.41) is 31.4. The number of carbonyl (C=O) groups excluding carboxylic acids is 1. The molecule has 0 spiro atoms. The molecule has 2 aromatic carbocycles. The van der Waals surface area contributed by atoms with E-state index in [0.717, 1.165) is 24.8 Å². The lowest BCUT2D eigenvalue weighted by molar-refractivity contribution is -0.384. The van der Waals surface area contributed by atoms with Crippen LogP contribution in [-0.4, -0.2) is 31.0 Å². The molecule has 11 heteroatoms. The zero-order valence-corrected chi connectivity index (χ0v) is 19.1. The molecule has 0 atom stereocenters. The number of ether oxygens (including phenoxy) is 1. The quantitative estimate of drug-likeness (QED) is 0.298. The Bertz CT molecular complexity index is 1080. The second-order valence-corrected chi connectivity index (χ2v) is 7.14. The molecule has 2 rings (SSSR count). The Kier molecular flexibility index (Phi) is 8.04. The number of benzene rings is 2. The molecular formula is C20H21BrN6O4. The highest BCUT2D eigenvalue weighted by Crippen LogP contribution is 2.41. The number of nitrogens with zero attached hydrogens (tertiary/aromatic N) is 5. The lowest BCUT2D eigenvalue weighted by Crippen LogP contribution is -2.22. The van der Waals surface area contributed by atoms with E-state index in [9.17, 15) is 20.2 Å². The van der Waals surface area contributed by atoms with Gasteiger partial charge in [-0.1, -0.05) is 0 Å². The van der Waals surface area contributed by atoms with Crippen LogP contribution in [0.25, 0.3) is 0 Å². The molecule has 0 aliphatic rings. The van der Waals surface area contributed by atoms with Crippen molar-refractivity contribution in [3.8, 4) is 11.8 Å². The van der Waals surface area contributed by atoms with Gasteiger partial charge in [0.1, 0.15) is 23.2 Å². The third kappa shape index (κ3) is 5.55. The van der Waals surface area contributed by atoms with Crippen LogP contribution >= 0.6 is 15.9 Å². The van der Waals surface area contributed by atoms with Crippen LogP contribution < -0.4 is 15.0 Å². The van der Waals surface area contributed by atoms with Crippen molar-refractivity contribution in [2.45, 2.75) is 20.8 Å². The molecule has 0 aromatic heterocycles. The molecule has 0 unspecified atom stereocenters. The van der Waals surface area contributed by atoms with Crippen LogP contribution in [0.15, 0.2) is 39.0 Å². The number of nitrogens with one attached hydrogen (secondary N) is 1. The maximum atomic E-state index is 11.7. The van der Waals surface area contributed by atoms with E-state index in [4.69, 9.17) is 4.74 Å². The van der Waals surface area contributed by atoms with E-state index in [1.54, 1.807) is 12.1 Å². The first kappa shape index (κ1) is 23.8. The van der Waals surface area contributed by atoms with Gasteiger partial charge < -0.3 is 15.0 Å². The van der Waals surface area contributed by atoms with Crippen molar-refractivity contribution in [3.63, 3.8) is 0 Å². The fraction of sp³-hybridized carbons (Fsp3) is 0.300. The van der Waals surface area contributed by atoms with Gasteiger partial charge in [-0.3, -0.25) is 14.9 Å². The Morgan fingerprint density at radius 2 is 1.97 bits per heavy atom. The van der Waals surface area contributed by atoms with Gasteiger partial charge in [0, 0.05) is 38.2 Å². The zero-order valence-electron chi connectivity index (χ0n) is 17.5. The van der Waals surface area contributed by atoms with Crippen molar-refractivity contribution in [2.24, 2.45) is 10.2 Å². The Morgan fingerprint density at radius 1 is 1.29 bits per heavy atom. The maximum absolute atomic E-state index is 11.7. The maximum Gasteiger partial charge on any atom is 0.272 e. The number of nitriles is 1. The van der Waals surface area contributed by atoms with E-state index in [0.29, 0.717) is 17.1 Å². The van der Waals surface area contributed by atoms with Crippen LogP contribution in [0.5, 0.6) is 5.75 Å². The van der Waals surface area contributed by atoms with Gasteiger partial charge in [-0.2, -0.15) is 5.26 Å². The summed E-state index contributed by atoms with van der Waals surface area (Å²) in [5.41, 5.74) is 1.37. The van der Waals surface area contributed by atoms with Crippen LogP contribution in [0.2, 0.25) is 0 Å². The molecule has 0 heterocycles. The number of azo groups is 1. The average molecular weight is 489 g/mol. The lowest BCUT2D eigenvalue weighted by Gasteiger charge is -2.24. The van der Waals surface area contributed by atoms with Gasteiger partial charge in [0.25, 0.3) is 5.69 Å². The smallest absolute Gasteiger partial charge is 0.272 e. The third-order valence-electron chi connectivity index (χ3n) is 4.35. The Morgan fingerprint density at radius 3 is 2.48 bits per heavy atom. The van der Waals surface area contributed by atoms with Gasteiger partial charge in [-0.15, -0.1) is 10.2 Å². The number of methoxy groups -OCH3 is 1. The molecule has 1 amide bonds. The van der Waals surface area contributed by atoms with E-state index in [1.807, 2.05) is 19.9 Å². The van der Waals surface area contributed by atoms with Crippen molar-refractivity contribution in [1.82, 2.24) is 0 Å². The molecule has 0 saturated carbocycles. The Labute approximate surface area is 187 Å². The summed E-state index contributed by atoms with van der Waals surface area (Å²) < 4.78 is 5.75. The largest absolute Gasteiger partial charge is 0.494 e. The molecular weight excluding hydrogens is 468 g/mol. The number of carbonyl (C=O) groups is 1. The van der Waals surface area contributed by atoms with Crippen LogP contribution in [0.1, 0.15) is 26.3 Å². The fourth-order valence-electron chi connectivity index (χ4n) is 2.89. The van der Waals surface area contributed by atoms with Gasteiger partial charge in [0.2, 0.25) is 5.91 Å². The predicted octanol–water partition coefficient (Wildman–Crippen LogP) is 5.46. The molecule has 31 heavy (non-hydrogen) atoms. The molecule has 0 bridgehead atoms. The highest BCUT2D eigenvalue weighted by Gasteiger charge is 2.18. The monoisotopic (exact) mass is 488 g/mol. The minimum atomic E-state index is -0.599. The summed E-state index contributed by atoms with van der Waals surface area (Å²) in [6, 6.07) is 7.63. The van der Waals surface area contributed by atoms with Crippen LogP contribution in [0.4, 0.5) is 28.4 Å². The van der Waals surface area contributed by atoms with Gasteiger partial charge in [-0.25, -0.2) is 0 Å². The molecule has 2 aromatic rings. The number of nitro benzene ring substituents is 1. The predicted molar refractivity (Wildman–Crippen MR) is 121 cm³/mol. The number of rotatable bonds is 8.